The highest BCUT2D eigenvalue weighted by Crippen LogP contribution is 2.50. The van der Waals surface area contributed by atoms with Gasteiger partial charge in [-0.2, -0.15) is 0 Å². The standard InChI is InChI=1S/C19H17NO7/c20-18(26)14-11(22)6-9-5-8-4-7-2-1-3-10(21)12(7)15(23)13(8)16(24)19(9,27)17(14)25/h1-3,8-9,21,23,26-27H,4-6,20H2/b18-14-/t8-,9-,19-/m0/s1. The molecule has 6 N–H and O–H groups in total. The number of benzene rings is 1. The van der Waals surface area contributed by atoms with Crippen molar-refractivity contribution in [1.82, 2.24) is 0 Å². The Kier molecular flexibility index (Phi) is 3.48. The highest BCUT2D eigenvalue weighted by Gasteiger charge is 2.62. The maximum atomic E-state index is 13.1. The van der Waals surface area contributed by atoms with Crippen LogP contribution in [-0.4, -0.2) is 43.4 Å². The first-order chi connectivity index (χ1) is 12.7. The summed E-state index contributed by atoms with van der Waals surface area (Å²) in [5.41, 5.74) is 2.39. The molecule has 0 saturated heterocycles. The van der Waals surface area contributed by atoms with E-state index < -0.39 is 52.0 Å². The van der Waals surface area contributed by atoms with Gasteiger partial charge in [-0.3, -0.25) is 14.4 Å². The molecule has 2 saturated carbocycles. The molecule has 8 heteroatoms. The summed E-state index contributed by atoms with van der Waals surface area (Å²) in [6.45, 7) is 0. The molecule has 0 spiro atoms. The Morgan fingerprint density at radius 3 is 2.48 bits per heavy atom. The van der Waals surface area contributed by atoms with Crippen molar-refractivity contribution in [3.05, 3.63) is 46.4 Å². The minimum atomic E-state index is -2.59. The number of hydrogen-bond donors (Lipinski definition) is 5. The fraction of sp³-hybridized carbons (Fsp3) is 0.316. The Bertz CT molecular complexity index is 986. The van der Waals surface area contributed by atoms with Crippen molar-refractivity contribution in [3.63, 3.8) is 0 Å². The molecule has 0 aromatic heterocycles. The van der Waals surface area contributed by atoms with Crippen molar-refractivity contribution in [3.8, 4) is 5.75 Å². The average molecular weight is 371 g/mol. The highest BCUT2D eigenvalue weighted by molar-refractivity contribution is 6.34. The van der Waals surface area contributed by atoms with Crippen LogP contribution in [0.1, 0.15) is 24.0 Å². The fourth-order valence-electron chi connectivity index (χ4n) is 4.55. The summed E-state index contributed by atoms with van der Waals surface area (Å²) in [5.74, 6) is -6.23. The summed E-state index contributed by atoms with van der Waals surface area (Å²) in [6, 6.07) is 4.68. The molecule has 8 nitrogen and oxygen atoms in total. The lowest BCUT2D eigenvalue weighted by Gasteiger charge is -2.45. The summed E-state index contributed by atoms with van der Waals surface area (Å²) in [7, 11) is 0. The van der Waals surface area contributed by atoms with E-state index in [1.165, 1.54) is 6.07 Å². The third-order valence-electron chi connectivity index (χ3n) is 5.79. The first-order valence-electron chi connectivity index (χ1n) is 8.46. The number of aromatic hydroxyl groups is 1. The van der Waals surface area contributed by atoms with Gasteiger partial charge in [-0.1, -0.05) is 12.1 Å². The topological polar surface area (TPSA) is 158 Å². The molecule has 1 aromatic carbocycles. The Morgan fingerprint density at radius 1 is 1.11 bits per heavy atom. The van der Waals surface area contributed by atoms with Gasteiger partial charge in [-0.25, -0.2) is 0 Å². The van der Waals surface area contributed by atoms with Gasteiger partial charge in [0.05, 0.1) is 5.56 Å². The molecule has 3 atom stereocenters. The van der Waals surface area contributed by atoms with Gasteiger partial charge in [0.1, 0.15) is 17.1 Å². The van der Waals surface area contributed by atoms with Crippen molar-refractivity contribution in [2.75, 3.05) is 0 Å². The van der Waals surface area contributed by atoms with Crippen molar-refractivity contribution in [2.24, 2.45) is 17.6 Å². The molecule has 140 valence electrons. The van der Waals surface area contributed by atoms with E-state index in [0.717, 1.165) is 0 Å². The lowest BCUT2D eigenvalue weighted by atomic mass is 9.58. The summed E-state index contributed by atoms with van der Waals surface area (Å²) in [5, 5.41) is 41.2. The number of rotatable bonds is 0. The number of phenolic OH excluding ortho intramolecular Hbond substituents is 1. The van der Waals surface area contributed by atoms with Gasteiger partial charge in [0.15, 0.2) is 17.3 Å². The number of nitrogens with two attached hydrogens (primary N) is 1. The zero-order chi connectivity index (χ0) is 19.7. The first kappa shape index (κ1) is 17.3. The molecule has 0 bridgehead atoms. The van der Waals surface area contributed by atoms with Crippen molar-refractivity contribution >= 4 is 23.1 Å². The second-order valence-corrected chi connectivity index (χ2v) is 7.22. The van der Waals surface area contributed by atoms with Gasteiger partial charge in [-0.05, 0) is 30.4 Å². The van der Waals surface area contributed by atoms with Gasteiger partial charge >= 0.3 is 0 Å². The quantitative estimate of drug-likeness (QED) is 0.190. The lowest BCUT2D eigenvalue weighted by molar-refractivity contribution is -0.160. The van der Waals surface area contributed by atoms with E-state index in [-0.39, 0.29) is 29.7 Å². The minimum absolute atomic E-state index is 0.0934. The van der Waals surface area contributed by atoms with Crippen LogP contribution in [0.3, 0.4) is 0 Å². The van der Waals surface area contributed by atoms with Crippen LogP contribution in [-0.2, 0) is 20.8 Å². The molecule has 4 rings (SSSR count). The number of fused-ring (bicyclic) bond motifs is 3. The predicted molar refractivity (Wildman–Crippen MR) is 91.4 cm³/mol. The number of hydrogen-bond acceptors (Lipinski definition) is 8. The van der Waals surface area contributed by atoms with Crippen LogP contribution in [0.2, 0.25) is 0 Å². The Morgan fingerprint density at radius 2 is 1.81 bits per heavy atom. The zero-order valence-electron chi connectivity index (χ0n) is 14.1. The molecule has 3 aliphatic rings. The fourth-order valence-corrected chi connectivity index (χ4v) is 4.55. The molecule has 0 unspecified atom stereocenters. The molecule has 27 heavy (non-hydrogen) atoms. The van der Waals surface area contributed by atoms with Crippen molar-refractivity contribution < 1.29 is 34.8 Å². The third kappa shape index (κ3) is 2.10. The molecular weight excluding hydrogens is 354 g/mol. The van der Waals surface area contributed by atoms with Crippen LogP contribution in [0, 0.1) is 11.8 Å². The van der Waals surface area contributed by atoms with E-state index >= 15 is 0 Å². The molecule has 0 heterocycles. The van der Waals surface area contributed by atoms with Crippen molar-refractivity contribution in [2.45, 2.75) is 24.9 Å². The predicted octanol–water partition coefficient (Wildman–Crippen LogP) is 0.424. The van der Waals surface area contributed by atoms with Gasteiger partial charge in [0.2, 0.25) is 11.6 Å². The summed E-state index contributed by atoms with van der Waals surface area (Å²) in [6.07, 6.45) is 0.115. The van der Waals surface area contributed by atoms with Gasteiger partial charge < -0.3 is 26.2 Å². The average Bonchev–Trinajstić information content (AvgIpc) is 2.57. The second kappa shape index (κ2) is 5.43. The summed E-state index contributed by atoms with van der Waals surface area (Å²) in [4.78, 5) is 38.0. The monoisotopic (exact) mass is 371 g/mol. The summed E-state index contributed by atoms with van der Waals surface area (Å²) >= 11 is 0. The van der Waals surface area contributed by atoms with Crippen molar-refractivity contribution in [1.29, 1.82) is 0 Å². The molecule has 1 aromatic rings. The first-order valence-corrected chi connectivity index (χ1v) is 8.46. The van der Waals surface area contributed by atoms with Crippen LogP contribution in [0.4, 0.5) is 0 Å². The molecule has 0 amide bonds. The van der Waals surface area contributed by atoms with E-state index in [4.69, 9.17) is 5.73 Å². The summed E-state index contributed by atoms with van der Waals surface area (Å²) < 4.78 is 0. The largest absolute Gasteiger partial charge is 0.507 e. The number of ketones is 3. The minimum Gasteiger partial charge on any atom is -0.507 e. The smallest absolute Gasteiger partial charge is 0.211 e. The maximum Gasteiger partial charge on any atom is 0.211 e. The van der Waals surface area contributed by atoms with Crippen LogP contribution in [0.25, 0.3) is 5.76 Å². The number of aliphatic hydroxyl groups excluding tert-OH is 2. The van der Waals surface area contributed by atoms with E-state index in [9.17, 15) is 34.8 Å². The Hall–Kier alpha value is -3.13. The van der Waals surface area contributed by atoms with Crippen LogP contribution < -0.4 is 5.73 Å². The van der Waals surface area contributed by atoms with E-state index in [1.54, 1.807) is 12.1 Å². The highest BCUT2D eigenvalue weighted by atomic mass is 16.3. The molecule has 0 radical (unpaired) electrons. The molecular formula is C19H17NO7. The van der Waals surface area contributed by atoms with Gasteiger partial charge in [0, 0.05) is 17.9 Å². The van der Waals surface area contributed by atoms with Crippen LogP contribution in [0.5, 0.6) is 5.75 Å². The van der Waals surface area contributed by atoms with Gasteiger partial charge in [0.25, 0.3) is 0 Å². The van der Waals surface area contributed by atoms with E-state index in [0.29, 0.717) is 12.0 Å². The van der Waals surface area contributed by atoms with Crippen LogP contribution in [0.15, 0.2) is 35.2 Å². The number of phenols is 1. The number of aliphatic hydroxyl groups is 3. The third-order valence-corrected chi connectivity index (χ3v) is 5.79. The number of Topliss-reactive ketones (excluding diaryl/α,β-unsaturated/α-hetero) is 3. The molecule has 3 aliphatic carbocycles. The normalized spacial score (nSPS) is 32.0. The lowest BCUT2D eigenvalue weighted by Crippen LogP contribution is -2.62. The second-order valence-electron chi connectivity index (χ2n) is 7.22. The SMILES string of the molecule is N/C(O)=C1\C(=O)C[C@@H]2C[C@@H]3Cc4cccc(O)c4C(O)=C3C(=O)[C@]2(O)C1=O. The number of carbonyl (C=O) groups is 3. The van der Waals surface area contributed by atoms with Gasteiger partial charge in [-0.15, -0.1) is 0 Å². The maximum absolute atomic E-state index is 13.1. The Labute approximate surface area is 153 Å². The zero-order valence-corrected chi connectivity index (χ0v) is 14.1. The number of carbonyl (C=O) groups excluding carboxylic acids is 3. The van der Waals surface area contributed by atoms with E-state index in [1.807, 2.05) is 0 Å². The van der Waals surface area contributed by atoms with E-state index in [2.05, 4.69) is 0 Å². The molecule has 0 aliphatic heterocycles. The molecule has 2 fully saturated rings. The van der Waals surface area contributed by atoms with Crippen LogP contribution >= 0.6 is 0 Å². The Balaban J connectivity index is 1.90.